The average molecular weight is 328 g/mol. The van der Waals surface area contributed by atoms with Gasteiger partial charge in [0.25, 0.3) is 0 Å². The number of carbonyl (C=O) groups excluding carboxylic acids is 1. The van der Waals surface area contributed by atoms with Crippen LogP contribution in [-0.2, 0) is 0 Å². The molecular weight excluding hydrogens is 317 g/mol. The molecule has 2 atom stereocenters. The third kappa shape index (κ3) is 2.32. The number of benzene rings is 2. The summed E-state index contributed by atoms with van der Waals surface area (Å²) >= 11 is 0. The molecule has 0 fully saturated rings. The van der Waals surface area contributed by atoms with Gasteiger partial charge in [0.15, 0.2) is 11.1 Å². The number of hydrogen-bond donors (Lipinski definition) is 1. The summed E-state index contributed by atoms with van der Waals surface area (Å²) in [4.78, 5) is 41.1. The van der Waals surface area contributed by atoms with Crippen molar-refractivity contribution in [3.63, 3.8) is 0 Å². The zero-order valence-corrected chi connectivity index (χ0v) is 14.9. The van der Waals surface area contributed by atoms with Gasteiger partial charge in [0, 0.05) is 16.3 Å². The van der Waals surface area contributed by atoms with E-state index >= 15 is 0 Å². The summed E-state index contributed by atoms with van der Waals surface area (Å²) in [6.45, 7) is 0. The van der Waals surface area contributed by atoms with Gasteiger partial charge in [0.05, 0.1) is 0 Å². The average Bonchev–Trinajstić information content (AvgIpc) is 2.97. The first kappa shape index (κ1) is 16.9. The van der Waals surface area contributed by atoms with Gasteiger partial charge < -0.3 is 5.11 Å². The number of aliphatic hydroxyl groups is 1. The smallest absolute Gasteiger partial charge is 0.386 e. The molecule has 0 aliphatic heterocycles. The third-order valence-corrected chi connectivity index (χ3v) is 4.23. The summed E-state index contributed by atoms with van der Waals surface area (Å²) < 4.78 is 0. The quantitative estimate of drug-likeness (QED) is 0.507. The van der Waals surface area contributed by atoms with Crippen LogP contribution in [0, 0.1) is 0 Å². The van der Waals surface area contributed by atoms with Crippen molar-refractivity contribution in [2.24, 2.45) is 4.99 Å². The van der Waals surface area contributed by atoms with Crippen LogP contribution in [0.3, 0.4) is 0 Å². The molecule has 3 aromatic carbocycles. The van der Waals surface area contributed by atoms with Crippen LogP contribution in [0.4, 0.5) is 0 Å². The number of Topliss-reactive ketones (excluding diaryl/α,β-unsaturated/α-hetero) is 1. The fourth-order valence-corrected chi connectivity index (χ4v) is 3.08. The molecule has 3 aromatic rings. The van der Waals surface area contributed by atoms with E-state index in [0.717, 1.165) is 0 Å². The van der Waals surface area contributed by atoms with Crippen LogP contribution in [0.25, 0.3) is 10.8 Å². The second-order valence-corrected chi connectivity index (χ2v) is 5.52. The topological polar surface area (TPSA) is 83.8 Å². The van der Waals surface area contributed by atoms with Crippen molar-refractivity contribution in [2.75, 3.05) is 0 Å². The van der Waals surface area contributed by atoms with E-state index in [2.05, 4.69) is 4.99 Å². The summed E-state index contributed by atoms with van der Waals surface area (Å²) in [6, 6.07) is 12.0. The Balaban J connectivity index is 0.00000169. The third-order valence-electron chi connectivity index (χ3n) is 4.23. The Kier molecular flexibility index (Phi) is 4.36. The second kappa shape index (κ2) is 6.18. The molecule has 0 amide bonds. The van der Waals surface area contributed by atoms with Crippen LogP contribution in [0.1, 0.15) is 22.0 Å². The molecule has 1 aliphatic carbocycles. The molecular formula is C18H11NNaO4+. The van der Waals surface area contributed by atoms with E-state index in [4.69, 9.17) is 0 Å². The molecule has 0 spiro atoms. The fourth-order valence-electron chi connectivity index (χ4n) is 3.08. The maximum Gasteiger partial charge on any atom is 1.00 e. The number of fused-ring (bicyclic) bond motifs is 2. The van der Waals surface area contributed by atoms with E-state index in [-0.39, 0.29) is 51.5 Å². The van der Waals surface area contributed by atoms with E-state index in [0.29, 0.717) is 11.1 Å². The minimum Gasteiger partial charge on any atom is -0.386 e. The minimum absolute atomic E-state index is 0. The number of hydrogen-bond acceptors (Lipinski definition) is 5. The largest absolute Gasteiger partial charge is 1.00 e. The fraction of sp³-hybridized carbons (Fsp3) is 0.111. The Labute approximate surface area is 158 Å². The molecule has 1 N–H and O–H groups in total. The van der Waals surface area contributed by atoms with Crippen molar-refractivity contribution in [1.29, 1.82) is 0 Å². The molecule has 6 heteroatoms. The van der Waals surface area contributed by atoms with Gasteiger partial charge in [0.2, 0.25) is 10.9 Å². The van der Waals surface area contributed by atoms with Crippen LogP contribution in [0.2, 0.25) is 0 Å². The van der Waals surface area contributed by atoms with Crippen LogP contribution in [0.5, 0.6) is 0 Å². The monoisotopic (exact) mass is 328 g/mol. The molecule has 5 nitrogen and oxygen atoms in total. The number of ketones is 1. The standard InChI is InChI=1S/C18H11NO4.Na/c20-15-9-5-1-2-6-10(9)16(21)13(15)19-14-17(22)11-7-3-4-8-12(11)18(14)23;/h1-8,13,15,20H;/q;+1. The van der Waals surface area contributed by atoms with E-state index in [1.165, 1.54) is 0 Å². The van der Waals surface area contributed by atoms with Crippen molar-refractivity contribution in [2.45, 2.75) is 12.1 Å². The van der Waals surface area contributed by atoms with Crippen molar-refractivity contribution in [3.05, 3.63) is 85.5 Å². The minimum atomic E-state index is -1.15. The predicted octanol–water partition coefficient (Wildman–Crippen LogP) is -2.36. The van der Waals surface area contributed by atoms with Crippen molar-refractivity contribution >= 4 is 16.6 Å². The first-order valence-corrected chi connectivity index (χ1v) is 7.17. The molecule has 4 rings (SSSR count). The summed E-state index contributed by atoms with van der Waals surface area (Å²) in [5.41, 5.74) is -0.143. The van der Waals surface area contributed by atoms with Crippen LogP contribution in [0.15, 0.2) is 63.1 Å². The number of carbonyl (C=O) groups is 1. The van der Waals surface area contributed by atoms with Crippen molar-refractivity contribution < 1.29 is 39.5 Å². The SMILES string of the molecule is O=C1c2ccccc2C(O)C1N=c1c(=O)c2ccccc2c1=O.[Na+]. The molecule has 0 saturated carbocycles. The van der Waals surface area contributed by atoms with Gasteiger partial charge in [0.1, 0.15) is 12.1 Å². The van der Waals surface area contributed by atoms with E-state index in [1.807, 2.05) is 0 Å². The van der Waals surface area contributed by atoms with Gasteiger partial charge in [-0.25, -0.2) is 0 Å². The Bertz CT molecular complexity index is 1060. The van der Waals surface area contributed by atoms with Crippen LogP contribution >= 0.6 is 0 Å². The first-order valence-electron chi connectivity index (χ1n) is 7.17. The van der Waals surface area contributed by atoms with E-state index in [9.17, 15) is 19.5 Å². The summed E-state index contributed by atoms with van der Waals surface area (Å²) in [5.74, 6) is -0.378. The maximum absolute atomic E-state index is 12.4. The number of aliphatic hydroxyl groups excluding tert-OH is 1. The maximum atomic E-state index is 12.4. The zero-order valence-electron chi connectivity index (χ0n) is 12.9. The van der Waals surface area contributed by atoms with Gasteiger partial charge in [-0.2, -0.15) is 0 Å². The molecule has 112 valence electrons. The Hall–Kier alpha value is -1.92. The van der Waals surface area contributed by atoms with Crippen LogP contribution in [-0.4, -0.2) is 16.9 Å². The predicted molar refractivity (Wildman–Crippen MR) is 83.9 cm³/mol. The summed E-state index contributed by atoms with van der Waals surface area (Å²) in [5, 5.41) is 10.6. The van der Waals surface area contributed by atoms with Gasteiger partial charge in [-0.15, -0.1) is 0 Å². The number of rotatable bonds is 1. The summed E-state index contributed by atoms with van der Waals surface area (Å²) in [6.07, 6.45) is -1.14. The normalized spacial score (nSPS) is 19.1. The van der Waals surface area contributed by atoms with E-state index < -0.39 is 23.0 Å². The van der Waals surface area contributed by atoms with Crippen molar-refractivity contribution in [3.8, 4) is 0 Å². The molecule has 24 heavy (non-hydrogen) atoms. The van der Waals surface area contributed by atoms with Crippen molar-refractivity contribution in [1.82, 2.24) is 0 Å². The Morgan fingerprint density at radius 3 is 1.96 bits per heavy atom. The van der Waals surface area contributed by atoms with Gasteiger partial charge in [-0.1, -0.05) is 48.5 Å². The summed E-state index contributed by atoms with van der Waals surface area (Å²) in [7, 11) is 0. The van der Waals surface area contributed by atoms with Gasteiger partial charge in [-0.05, 0) is 5.56 Å². The van der Waals surface area contributed by atoms with Gasteiger partial charge in [-0.3, -0.25) is 19.4 Å². The molecule has 0 saturated heterocycles. The molecule has 2 unspecified atom stereocenters. The molecule has 1 aliphatic rings. The zero-order chi connectivity index (χ0) is 16.1. The molecule has 0 aromatic heterocycles. The second-order valence-electron chi connectivity index (χ2n) is 5.52. The number of nitrogens with zero attached hydrogens (tertiary/aromatic N) is 1. The van der Waals surface area contributed by atoms with E-state index in [1.54, 1.807) is 48.5 Å². The molecule has 0 heterocycles. The Morgan fingerprint density at radius 1 is 0.833 bits per heavy atom. The first-order chi connectivity index (χ1) is 11.1. The van der Waals surface area contributed by atoms with Crippen LogP contribution < -0.4 is 45.8 Å². The van der Waals surface area contributed by atoms with Gasteiger partial charge >= 0.3 is 29.6 Å². The molecule has 0 radical (unpaired) electrons. The molecule has 0 bridgehead atoms. The Morgan fingerprint density at radius 2 is 1.38 bits per heavy atom.